The maximum atomic E-state index is 2.39. The fraction of sp³-hybridized carbons (Fsp3) is 0.636. The summed E-state index contributed by atoms with van der Waals surface area (Å²) in [5.74, 6) is 0. The largest absolute Gasteiger partial charge is 0.357 e. The molecule has 2 nitrogen and oxygen atoms in total. The number of piperidine rings is 1. The Kier molecular flexibility index (Phi) is 4.61. The van der Waals surface area contributed by atoms with Crippen LogP contribution in [0.3, 0.4) is 0 Å². The predicted octanol–water partition coefficient (Wildman–Crippen LogP) is 2.13. The molecule has 13 heavy (non-hydrogen) atoms. The minimum atomic E-state index is 1.32. The molecule has 0 amide bonds. The van der Waals surface area contributed by atoms with Crippen LogP contribution in [0, 0.1) is 0 Å². The molecule has 0 atom stereocenters. The molecule has 2 heteroatoms. The quantitative estimate of drug-likeness (QED) is 0.594. The molecule has 1 saturated heterocycles. The van der Waals surface area contributed by atoms with E-state index in [2.05, 4.69) is 11.9 Å². The summed E-state index contributed by atoms with van der Waals surface area (Å²) in [6.45, 7) is 2.64. The smallest absolute Gasteiger partial charge is 0.0106 e. The lowest BCUT2D eigenvalue weighted by Gasteiger charge is -2.20. The van der Waals surface area contributed by atoms with Crippen molar-refractivity contribution in [2.45, 2.75) is 19.3 Å². The molecule has 1 aliphatic heterocycles. The summed E-state index contributed by atoms with van der Waals surface area (Å²) in [6.07, 6.45) is 8.28. The molecule has 0 bridgehead atoms. The lowest BCUT2D eigenvalue weighted by atomic mass is 10.1. The van der Waals surface area contributed by atoms with Gasteiger partial charge in [-0.25, -0.2) is 0 Å². The molecule has 0 unspecified atom stereocenters. The van der Waals surface area contributed by atoms with Gasteiger partial charge in [-0.05, 0) is 45.1 Å². The monoisotopic (exact) mass is 180 g/mol. The van der Waals surface area contributed by atoms with E-state index >= 15 is 0 Å². The zero-order valence-electron chi connectivity index (χ0n) is 8.74. The second-order valence-electron chi connectivity index (χ2n) is 3.71. The number of likely N-dealkylation sites (tertiary alicyclic amines) is 1. The van der Waals surface area contributed by atoms with Crippen LogP contribution in [-0.2, 0) is 7.05 Å². The van der Waals surface area contributed by atoms with E-state index in [1.807, 2.05) is 36.1 Å². The maximum Gasteiger partial charge on any atom is 0.0106 e. The standard InChI is InChI=1S/C6H13N.C5H7N/c1-7-5-3-2-4-6-7;1-6-4-2-3-5-6/h2-6H2,1H3;2-5H,1H3. The van der Waals surface area contributed by atoms with Gasteiger partial charge < -0.3 is 9.47 Å². The van der Waals surface area contributed by atoms with Crippen LogP contribution in [0.5, 0.6) is 0 Å². The lowest BCUT2D eigenvalue weighted by Crippen LogP contribution is -2.24. The number of aromatic nitrogens is 1. The predicted molar refractivity (Wildman–Crippen MR) is 56.8 cm³/mol. The van der Waals surface area contributed by atoms with Crippen molar-refractivity contribution in [2.24, 2.45) is 7.05 Å². The van der Waals surface area contributed by atoms with Crippen molar-refractivity contribution >= 4 is 0 Å². The average Bonchev–Trinajstić information content (AvgIpc) is 2.58. The van der Waals surface area contributed by atoms with Crippen LogP contribution in [0.4, 0.5) is 0 Å². The van der Waals surface area contributed by atoms with E-state index in [0.717, 1.165) is 0 Å². The summed E-state index contributed by atoms with van der Waals surface area (Å²) in [6, 6.07) is 4.00. The Labute approximate surface area is 81.2 Å². The highest BCUT2D eigenvalue weighted by atomic mass is 15.1. The SMILES string of the molecule is CN1CCCCC1.Cn1cccc1. The first-order chi connectivity index (χ1) is 6.29. The molecule has 0 aromatic carbocycles. The second kappa shape index (κ2) is 5.81. The Morgan fingerprint density at radius 3 is 1.62 bits per heavy atom. The van der Waals surface area contributed by atoms with Gasteiger partial charge in [0, 0.05) is 19.4 Å². The van der Waals surface area contributed by atoms with Gasteiger partial charge in [-0.1, -0.05) is 6.42 Å². The Hall–Kier alpha value is -0.760. The van der Waals surface area contributed by atoms with Gasteiger partial charge in [0.15, 0.2) is 0 Å². The molecule has 0 spiro atoms. The van der Waals surface area contributed by atoms with Crippen molar-refractivity contribution in [1.29, 1.82) is 0 Å². The summed E-state index contributed by atoms with van der Waals surface area (Å²) in [5.41, 5.74) is 0. The molecule has 74 valence electrons. The minimum absolute atomic E-state index is 1.32. The molecule has 1 fully saturated rings. The summed E-state index contributed by atoms with van der Waals surface area (Å²) in [7, 11) is 4.19. The number of nitrogens with zero attached hydrogens (tertiary/aromatic N) is 2. The fourth-order valence-electron chi connectivity index (χ4n) is 1.47. The topological polar surface area (TPSA) is 8.17 Å². The van der Waals surface area contributed by atoms with Crippen molar-refractivity contribution in [3.8, 4) is 0 Å². The first-order valence-corrected chi connectivity index (χ1v) is 5.04. The highest BCUT2D eigenvalue weighted by Crippen LogP contribution is 2.04. The molecular formula is C11H20N2. The number of rotatable bonds is 0. The van der Waals surface area contributed by atoms with Crippen molar-refractivity contribution in [3.05, 3.63) is 24.5 Å². The minimum Gasteiger partial charge on any atom is -0.357 e. The Bertz CT molecular complexity index is 198. The molecule has 0 radical (unpaired) electrons. The van der Waals surface area contributed by atoms with Gasteiger partial charge in [-0.2, -0.15) is 0 Å². The van der Waals surface area contributed by atoms with Crippen LogP contribution in [0.1, 0.15) is 19.3 Å². The van der Waals surface area contributed by atoms with Gasteiger partial charge in [0.25, 0.3) is 0 Å². The van der Waals surface area contributed by atoms with Crippen LogP contribution in [0.15, 0.2) is 24.5 Å². The van der Waals surface area contributed by atoms with Crippen LogP contribution >= 0.6 is 0 Å². The Morgan fingerprint density at radius 2 is 1.38 bits per heavy atom. The van der Waals surface area contributed by atoms with E-state index in [4.69, 9.17) is 0 Å². The van der Waals surface area contributed by atoms with Gasteiger partial charge in [0.1, 0.15) is 0 Å². The van der Waals surface area contributed by atoms with E-state index in [-0.39, 0.29) is 0 Å². The first kappa shape index (κ1) is 10.3. The van der Waals surface area contributed by atoms with Crippen LogP contribution in [-0.4, -0.2) is 29.6 Å². The van der Waals surface area contributed by atoms with Crippen LogP contribution in [0.25, 0.3) is 0 Å². The third kappa shape index (κ3) is 4.73. The van der Waals surface area contributed by atoms with Crippen molar-refractivity contribution in [2.75, 3.05) is 20.1 Å². The molecule has 2 heterocycles. The van der Waals surface area contributed by atoms with E-state index in [1.165, 1.54) is 32.4 Å². The van der Waals surface area contributed by atoms with Gasteiger partial charge >= 0.3 is 0 Å². The van der Waals surface area contributed by atoms with Gasteiger partial charge in [-0.3, -0.25) is 0 Å². The molecule has 0 N–H and O–H groups in total. The van der Waals surface area contributed by atoms with Crippen LogP contribution in [0.2, 0.25) is 0 Å². The number of hydrogen-bond acceptors (Lipinski definition) is 1. The zero-order chi connectivity index (χ0) is 9.52. The second-order valence-corrected chi connectivity index (χ2v) is 3.71. The third-order valence-corrected chi connectivity index (χ3v) is 2.33. The lowest BCUT2D eigenvalue weighted by molar-refractivity contribution is 0.277. The van der Waals surface area contributed by atoms with Gasteiger partial charge in [-0.15, -0.1) is 0 Å². The maximum absolute atomic E-state index is 2.39. The number of hydrogen-bond donors (Lipinski definition) is 0. The highest BCUT2D eigenvalue weighted by molar-refractivity contribution is 4.88. The summed E-state index contributed by atoms with van der Waals surface area (Å²) >= 11 is 0. The van der Waals surface area contributed by atoms with Crippen molar-refractivity contribution < 1.29 is 0 Å². The summed E-state index contributed by atoms with van der Waals surface area (Å²) < 4.78 is 2.00. The molecule has 1 aromatic heterocycles. The summed E-state index contributed by atoms with van der Waals surface area (Å²) in [5, 5.41) is 0. The van der Waals surface area contributed by atoms with Crippen molar-refractivity contribution in [1.82, 2.24) is 9.47 Å². The van der Waals surface area contributed by atoms with Crippen molar-refractivity contribution in [3.63, 3.8) is 0 Å². The highest BCUT2D eigenvalue weighted by Gasteiger charge is 2.02. The van der Waals surface area contributed by atoms with Gasteiger partial charge in [0.05, 0.1) is 0 Å². The van der Waals surface area contributed by atoms with E-state index in [1.54, 1.807) is 0 Å². The molecule has 1 aromatic rings. The fourth-order valence-corrected chi connectivity index (χ4v) is 1.47. The third-order valence-electron chi connectivity index (χ3n) is 2.33. The van der Waals surface area contributed by atoms with E-state index < -0.39 is 0 Å². The van der Waals surface area contributed by atoms with Gasteiger partial charge in [0.2, 0.25) is 0 Å². The molecule has 0 aliphatic carbocycles. The summed E-state index contributed by atoms with van der Waals surface area (Å²) in [4.78, 5) is 2.39. The van der Waals surface area contributed by atoms with Crippen LogP contribution < -0.4 is 0 Å². The zero-order valence-corrected chi connectivity index (χ0v) is 8.74. The molecule has 0 saturated carbocycles. The Morgan fingerprint density at radius 1 is 0.846 bits per heavy atom. The van der Waals surface area contributed by atoms with E-state index in [9.17, 15) is 0 Å². The average molecular weight is 180 g/mol. The molecule has 2 rings (SSSR count). The normalized spacial score (nSPS) is 17.7. The van der Waals surface area contributed by atoms with E-state index in [0.29, 0.717) is 0 Å². The molecular weight excluding hydrogens is 160 g/mol. The number of aryl methyl sites for hydroxylation is 1. The molecule has 1 aliphatic rings. The Balaban J connectivity index is 0.000000132. The first-order valence-electron chi connectivity index (χ1n) is 5.04.